The highest BCUT2D eigenvalue weighted by Crippen LogP contribution is 2.35. The van der Waals surface area contributed by atoms with Crippen LogP contribution in [-0.4, -0.2) is 53.0 Å². The van der Waals surface area contributed by atoms with Crippen LogP contribution in [0.4, 0.5) is 5.82 Å². The number of aromatic nitrogens is 1. The van der Waals surface area contributed by atoms with Gasteiger partial charge >= 0.3 is 0 Å². The number of fused-ring (bicyclic) bond motifs is 1. The van der Waals surface area contributed by atoms with Crippen molar-refractivity contribution < 1.29 is 9.53 Å². The van der Waals surface area contributed by atoms with Crippen LogP contribution in [0.5, 0.6) is 0 Å². The molecular formula is C23H27N3O2S2. The quantitative estimate of drug-likeness (QED) is 0.498. The number of pyridine rings is 1. The number of nitrogens with zero attached hydrogens (tertiary/aromatic N) is 3. The first-order valence-electron chi connectivity index (χ1n) is 10.4. The van der Waals surface area contributed by atoms with E-state index in [2.05, 4.69) is 43.9 Å². The molecule has 5 nitrogen and oxygen atoms in total. The van der Waals surface area contributed by atoms with Gasteiger partial charge in [0.15, 0.2) is 0 Å². The second-order valence-corrected chi connectivity index (χ2v) is 9.84. The normalized spacial score (nSPS) is 19.0. The third kappa shape index (κ3) is 4.38. The van der Waals surface area contributed by atoms with Gasteiger partial charge in [0.05, 0.1) is 23.6 Å². The lowest BCUT2D eigenvalue weighted by Crippen LogP contribution is -2.37. The van der Waals surface area contributed by atoms with Crippen molar-refractivity contribution in [2.75, 3.05) is 37.7 Å². The molecule has 0 aliphatic carbocycles. The van der Waals surface area contributed by atoms with Crippen molar-refractivity contribution in [1.29, 1.82) is 0 Å². The van der Waals surface area contributed by atoms with E-state index in [1.54, 1.807) is 4.90 Å². The Bertz CT molecular complexity index is 1010. The van der Waals surface area contributed by atoms with E-state index in [0.717, 1.165) is 47.4 Å². The van der Waals surface area contributed by atoms with Crippen LogP contribution in [0.2, 0.25) is 0 Å². The smallest absolute Gasteiger partial charge is 0.266 e. The lowest BCUT2D eigenvalue weighted by molar-refractivity contribution is -0.122. The topological polar surface area (TPSA) is 45.7 Å². The molecule has 0 bridgehead atoms. The van der Waals surface area contributed by atoms with Gasteiger partial charge < -0.3 is 9.64 Å². The molecule has 0 saturated carbocycles. The molecule has 7 heteroatoms. The molecule has 0 spiro atoms. The Balaban J connectivity index is 1.74. The molecule has 0 unspecified atom stereocenters. The van der Waals surface area contributed by atoms with Crippen molar-refractivity contribution in [2.45, 2.75) is 27.2 Å². The van der Waals surface area contributed by atoms with Crippen LogP contribution >= 0.6 is 24.0 Å². The summed E-state index contributed by atoms with van der Waals surface area (Å²) in [7, 11) is 0. The van der Waals surface area contributed by atoms with E-state index in [1.807, 2.05) is 12.1 Å². The maximum Gasteiger partial charge on any atom is 0.266 e. The van der Waals surface area contributed by atoms with Crippen molar-refractivity contribution in [3.8, 4) is 0 Å². The summed E-state index contributed by atoms with van der Waals surface area (Å²) in [5, 5.41) is 1.08. The summed E-state index contributed by atoms with van der Waals surface area (Å²) < 4.78 is 6.17. The van der Waals surface area contributed by atoms with E-state index >= 15 is 0 Å². The second kappa shape index (κ2) is 9.04. The molecule has 2 aromatic rings. The lowest BCUT2D eigenvalue weighted by Gasteiger charge is -2.29. The zero-order chi connectivity index (χ0) is 21.3. The summed E-state index contributed by atoms with van der Waals surface area (Å²) in [6, 6.07) is 8.34. The third-order valence-electron chi connectivity index (χ3n) is 5.46. The molecule has 2 saturated heterocycles. The summed E-state index contributed by atoms with van der Waals surface area (Å²) in [6.45, 7) is 10.0. The van der Waals surface area contributed by atoms with Gasteiger partial charge in [-0.2, -0.15) is 0 Å². The maximum absolute atomic E-state index is 13.0. The Hall–Kier alpha value is -1.96. The van der Waals surface area contributed by atoms with Crippen molar-refractivity contribution in [3.63, 3.8) is 0 Å². The molecule has 158 valence electrons. The molecule has 1 aromatic carbocycles. The van der Waals surface area contributed by atoms with Crippen molar-refractivity contribution >= 4 is 57.0 Å². The van der Waals surface area contributed by atoms with E-state index < -0.39 is 0 Å². The molecule has 3 heterocycles. The minimum absolute atomic E-state index is 0.00270. The summed E-state index contributed by atoms with van der Waals surface area (Å²) in [5.41, 5.74) is 3.11. The minimum Gasteiger partial charge on any atom is -0.378 e. The molecule has 4 rings (SSSR count). The van der Waals surface area contributed by atoms with Crippen LogP contribution in [0.15, 0.2) is 29.2 Å². The summed E-state index contributed by atoms with van der Waals surface area (Å²) in [5.74, 6) is 1.44. The van der Waals surface area contributed by atoms with Gasteiger partial charge in [0.1, 0.15) is 10.1 Å². The van der Waals surface area contributed by atoms with Crippen molar-refractivity contribution in [3.05, 3.63) is 40.3 Å². The van der Waals surface area contributed by atoms with Gasteiger partial charge in [-0.1, -0.05) is 56.0 Å². The van der Waals surface area contributed by atoms with Gasteiger partial charge in [0.2, 0.25) is 0 Å². The van der Waals surface area contributed by atoms with E-state index in [9.17, 15) is 4.79 Å². The fourth-order valence-electron chi connectivity index (χ4n) is 3.71. The molecular weight excluding hydrogens is 414 g/mol. The predicted molar refractivity (Wildman–Crippen MR) is 129 cm³/mol. The van der Waals surface area contributed by atoms with Crippen LogP contribution in [0.3, 0.4) is 0 Å². The van der Waals surface area contributed by atoms with Gasteiger partial charge in [-0.05, 0) is 37.0 Å². The zero-order valence-electron chi connectivity index (χ0n) is 17.7. The number of hydrogen-bond donors (Lipinski definition) is 0. The first-order valence-corrected chi connectivity index (χ1v) is 11.6. The van der Waals surface area contributed by atoms with Crippen LogP contribution in [0.1, 0.15) is 31.4 Å². The minimum atomic E-state index is 0.00270. The van der Waals surface area contributed by atoms with Crippen LogP contribution in [0, 0.1) is 12.8 Å². The zero-order valence-corrected chi connectivity index (χ0v) is 19.3. The number of amides is 1. The molecule has 2 aliphatic heterocycles. The third-order valence-corrected chi connectivity index (χ3v) is 6.83. The summed E-state index contributed by atoms with van der Waals surface area (Å²) in [6.07, 6.45) is 2.91. The predicted octanol–water partition coefficient (Wildman–Crippen LogP) is 4.63. The lowest BCUT2D eigenvalue weighted by atomic mass is 10.1. The molecule has 1 amide bonds. The first-order chi connectivity index (χ1) is 14.4. The number of thioether (sulfide) groups is 1. The number of rotatable bonds is 5. The number of para-hydroxylation sites is 1. The van der Waals surface area contributed by atoms with Crippen LogP contribution < -0.4 is 4.90 Å². The molecule has 0 atom stereocenters. The first kappa shape index (κ1) is 21.3. The monoisotopic (exact) mass is 441 g/mol. The van der Waals surface area contributed by atoms with E-state index in [-0.39, 0.29) is 5.91 Å². The molecule has 2 aliphatic rings. The molecule has 1 aromatic heterocycles. The Kier molecular flexibility index (Phi) is 6.41. The molecule has 0 radical (unpaired) electrons. The van der Waals surface area contributed by atoms with Gasteiger partial charge in [0, 0.05) is 30.6 Å². The Labute approximate surface area is 187 Å². The number of carbonyl (C=O) groups excluding carboxylic acids is 1. The average molecular weight is 442 g/mol. The van der Waals surface area contributed by atoms with Gasteiger partial charge in [-0.3, -0.25) is 9.69 Å². The number of aryl methyl sites for hydroxylation is 1. The Morgan fingerprint density at radius 1 is 1.30 bits per heavy atom. The summed E-state index contributed by atoms with van der Waals surface area (Å²) >= 11 is 6.89. The fraction of sp³-hybridized carbons (Fsp3) is 0.435. The molecule has 2 fully saturated rings. The summed E-state index contributed by atoms with van der Waals surface area (Å²) in [4.78, 5) is 22.7. The van der Waals surface area contributed by atoms with Crippen LogP contribution in [0.25, 0.3) is 17.0 Å². The highest BCUT2D eigenvalue weighted by molar-refractivity contribution is 8.26. The van der Waals surface area contributed by atoms with Crippen LogP contribution in [-0.2, 0) is 9.53 Å². The Morgan fingerprint density at radius 2 is 2.07 bits per heavy atom. The van der Waals surface area contributed by atoms with Crippen molar-refractivity contribution in [1.82, 2.24) is 9.88 Å². The van der Waals surface area contributed by atoms with Crippen molar-refractivity contribution in [2.24, 2.45) is 5.92 Å². The number of carbonyl (C=O) groups is 1. The van der Waals surface area contributed by atoms with E-state index in [1.165, 1.54) is 11.8 Å². The van der Waals surface area contributed by atoms with Gasteiger partial charge in [-0.25, -0.2) is 4.98 Å². The van der Waals surface area contributed by atoms with E-state index in [4.69, 9.17) is 21.9 Å². The SMILES string of the molecule is Cc1cccc2cc(/C=C3\SC(=S)N(CCC(C)C)C3=O)c(N3CCOCC3)nc12. The number of ether oxygens (including phenoxy) is 1. The highest BCUT2D eigenvalue weighted by Gasteiger charge is 2.32. The second-order valence-electron chi connectivity index (χ2n) is 8.16. The van der Waals surface area contributed by atoms with E-state index in [0.29, 0.717) is 34.9 Å². The Morgan fingerprint density at radius 3 is 2.80 bits per heavy atom. The molecule has 0 N–H and O–H groups in total. The van der Waals surface area contributed by atoms with Gasteiger partial charge in [0.25, 0.3) is 5.91 Å². The van der Waals surface area contributed by atoms with Gasteiger partial charge in [-0.15, -0.1) is 0 Å². The number of hydrogen-bond acceptors (Lipinski definition) is 6. The standard InChI is InChI=1S/C23H27N3O2S2/c1-15(2)7-8-26-22(27)19(30-23(26)29)14-18-13-17-6-4-5-16(3)20(17)24-21(18)25-9-11-28-12-10-25/h4-6,13-15H,7-12H2,1-3H3/b19-14-. The maximum atomic E-state index is 13.0. The fourth-order valence-corrected chi connectivity index (χ4v) is 5.01. The highest BCUT2D eigenvalue weighted by atomic mass is 32.2. The number of benzene rings is 1. The number of anilines is 1. The number of thiocarbonyl (C=S) groups is 1. The molecule has 30 heavy (non-hydrogen) atoms. The number of morpholine rings is 1. The average Bonchev–Trinajstić information content (AvgIpc) is 2.99. The largest absolute Gasteiger partial charge is 0.378 e.